The molecule has 0 aliphatic rings. The first-order valence-corrected chi connectivity index (χ1v) is 7.30. The molecule has 114 valence electrons. The standard InChI is InChI=1S/C17H29NO2/c1-7-20-16(17(3,4)5)14(18)11-13-10-12(2)8-9-15(13)19-6/h8-10,14,16H,7,11,18H2,1-6H3. The summed E-state index contributed by atoms with van der Waals surface area (Å²) in [4.78, 5) is 0. The zero-order valence-electron chi connectivity index (χ0n) is 13.7. The summed E-state index contributed by atoms with van der Waals surface area (Å²) in [5.74, 6) is 0.898. The molecule has 0 spiro atoms. The van der Waals surface area contributed by atoms with E-state index < -0.39 is 0 Å². The van der Waals surface area contributed by atoms with Gasteiger partial charge in [0.1, 0.15) is 5.75 Å². The Balaban J connectivity index is 2.93. The Morgan fingerprint density at radius 1 is 1.25 bits per heavy atom. The Bertz CT molecular complexity index is 423. The van der Waals surface area contributed by atoms with Crippen LogP contribution in [0.25, 0.3) is 0 Å². The van der Waals surface area contributed by atoms with Crippen LogP contribution in [0, 0.1) is 12.3 Å². The number of methoxy groups -OCH3 is 1. The summed E-state index contributed by atoms with van der Waals surface area (Å²) >= 11 is 0. The molecule has 3 heteroatoms. The third-order valence-corrected chi connectivity index (χ3v) is 3.48. The van der Waals surface area contributed by atoms with Crippen molar-refractivity contribution in [3.63, 3.8) is 0 Å². The first kappa shape index (κ1) is 17.0. The molecular formula is C17H29NO2. The monoisotopic (exact) mass is 279 g/mol. The second-order valence-electron chi connectivity index (χ2n) is 6.43. The van der Waals surface area contributed by atoms with Crippen LogP contribution in [0.1, 0.15) is 38.8 Å². The maximum Gasteiger partial charge on any atom is 0.122 e. The van der Waals surface area contributed by atoms with Crippen LogP contribution in [0.2, 0.25) is 0 Å². The number of rotatable bonds is 6. The van der Waals surface area contributed by atoms with Crippen molar-refractivity contribution in [1.29, 1.82) is 0 Å². The number of benzene rings is 1. The lowest BCUT2D eigenvalue weighted by atomic mass is 9.82. The van der Waals surface area contributed by atoms with Crippen LogP contribution in [0.5, 0.6) is 5.75 Å². The lowest BCUT2D eigenvalue weighted by Gasteiger charge is -2.35. The van der Waals surface area contributed by atoms with E-state index in [1.165, 1.54) is 5.56 Å². The van der Waals surface area contributed by atoms with Gasteiger partial charge >= 0.3 is 0 Å². The smallest absolute Gasteiger partial charge is 0.122 e. The fourth-order valence-corrected chi connectivity index (χ4v) is 2.62. The lowest BCUT2D eigenvalue weighted by molar-refractivity contribution is -0.0275. The third kappa shape index (κ3) is 4.50. The maximum atomic E-state index is 6.42. The molecule has 2 unspecified atom stereocenters. The normalized spacial score (nSPS) is 14.9. The summed E-state index contributed by atoms with van der Waals surface area (Å²) < 4.78 is 11.3. The van der Waals surface area contributed by atoms with E-state index in [0.717, 1.165) is 17.7 Å². The molecule has 0 radical (unpaired) electrons. The Hall–Kier alpha value is -1.06. The first-order valence-electron chi connectivity index (χ1n) is 7.30. The topological polar surface area (TPSA) is 44.5 Å². The van der Waals surface area contributed by atoms with Crippen LogP contribution in [0.4, 0.5) is 0 Å². The van der Waals surface area contributed by atoms with E-state index in [9.17, 15) is 0 Å². The third-order valence-electron chi connectivity index (χ3n) is 3.48. The van der Waals surface area contributed by atoms with Gasteiger partial charge in [0.25, 0.3) is 0 Å². The highest BCUT2D eigenvalue weighted by Crippen LogP contribution is 2.28. The van der Waals surface area contributed by atoms with Gasteiger partial charge in [-0.3, -0.25) is 0 Å². The molecule has 0 fully saturated rings. The van der Waals surface area contributed by atoms with Crippen molar-refractivity contribution in [2.24, 2.45) is 11.1 Å². The van der Waals surface area contributed by atoms with Gasteiger partial charge in [-0.2, -0.15) is 0 Å². The van der Waals surface area contributed by atoms with Crippen molar-refractivity contribution in [3.05, 3.63) is 29.3 Å². The molecule has 0 saturated heterocycles. The zero-order valence-corrected chi connectivity index (χ0v) is 13.7. The van der Waals surface area contributed by atoms with Crippen molar-refractivity contribution < 1.29 is 9.47 Å². The number of nitrogens with two attached hydrogens (primary N) is 1. The highest BCUT2D eigenvalue weighted by atomic mass is 16.5. The zero-order chi connectivity index (χ0) is 15.3. The van der Waals surface area contributed by atoms with E-state index >= 15 is 0 Å². The second kappa shape index (κ2) is 7.09. The second-order valence-corrected chi connectivity index (χ2v) is 6.43. The van der Waals surface area contributed by atoms with Crippen LogP contribution < -0.4 is 10.5 Å². The van der Waals surface area contributed by atoms with E-state index in [0.29, 0.717) is 6.61 Å². The molecule has 0 aliphatic carbocycles. The molecule has 0 saturated carbocycles. The highest BCUT2D eigenvalue weighted by molar-refractivity contribution is 5.37. The van der Waals surface area contributed by atoms with Crippen LogP contribution in [0.15, 0.2) is 18.2 Å². The van der Waals surface area contributed by atoms with Crippen molar-refractivity contribution in [1.82, 2.24) is 0 Å². The summed E-state index contributed by atoms with van der Waals surface area (Å²) in [6.45, 7) is 11.3. The molecule has 20 heavy (non-hydrogen) atoms. The summed E-state index contributed by atoms with van der Waals surface area (Å²) in [7, 11) is 1.70. The van der Waals surface area contributed by atoms with E-state index in [1.807, 2.05) is 13.0 Å². The van der Waals surface area contributed by atoms with E-state index in [4.69, 9.17) is 15.2 Å². The predicted octanol–water partition coefficient (Wildman–Crippen LogP) is 3.32. The van der Waals surface area contributed by atoms with Crippen molar-refractivity contribution in [2.45, 2.75) is 53.2 Å². The van der Waals surface area contributed by atoms with Gasteiger partial charge in [0.15, 0.2) is 0 Å². The van der Waals surface area contributed by atoms with Crippen molar-refractivity contribution >= 4 is 0 Å². The molecule has 0 aromatic heterocycles. The number of hydrogen-bond donors (Lipinski definition) is 1. The summed E-state index contributed by atoms with van der Waals surface area (Å²) in [6.07, 6.45) is 0.782. The molecule has 1 rings (SSSR count). The number of aryl methyl sites for hydroxylation is 1. The quantitative estimate of drug-likeness (QED) is 0.868. The van der Waals surface area contributed by atoms with Gasteiger partial charge in [-0.05, 0) is 37.3 Å². The van der Waals surface area contributed by atoms with Gasteiger partial charge in [-0.1, -0.05) is 38.5 Å². The van der Waals surface area contributed by atoms with Crippen LogP contribution >= 0.6 is 0 Å². The van der Waals surface area contributed by atoms with Crippen LogP contribution in [-0.2, 0) is 11.2 Å². The van der Waals surface area contributed by atoms with Gasteiger partial charge in [0, 0.05) is 12.6 Å². The molecule has 1 aromatic rings. The Kier molecular flexibility index (Phi) is 6.03. The van der Waals surface area contributed by atoms with E-state index in [-0.39, 0.29) is 17.6 Å². The molecule has 3 nitrogen and oxygen atoms in total. The van der Waals surface area contributed by atoms with E-state index in [1.54, 1.807) is 7.11 Å². The molecule has 0 aliphatic heterocycles. The Morgan fingerprint density at radius 2 is 1.90 bits per heavy atom. The fourth-order valence-electron chi connectivity index (χ4n) is 2.62. The van der Waals surface area contributed by atoms with Gasteiger partial charge in [-0.15, -0.1) is 0 Å². The summed E-state index contributed by atoms with van der Waals surface area (Å²) in [5, 5.41) is 0. The predicted molar refractivity (Wildman–Crippen MR) is 84.3 cm³/mol. The van der Waals surface area contributed by atoms with Gasteiger partial charge in [0.2, 0.25) is 0 Å². The molecule has 0 heterocycles. The summed E-state index contributed by atoms with van der Waals surface area (Å²) in [5.41, 5.74) is 8.80. The number of ether oxygens (including phenoxy) is 2. The first-order chi connectivity index (χ1) is 9.29. The minimum Gasteiger partial charge on any atom is -0.496 e. The molecule has 0 amide bonds. The van der Waals surface area contributed by atoms with E-state index in [2.05, 4.69) is 39.8 Å². The van der Waals surface area contributed by atoms with Crippen LogP contribution in [-0.4, -0.2) is 25.9 Å². The minimum absolute atomic E-state index is 0.0203. The molecule has 2 N–H and O–H groups in total. The molecular weight excluding hydrogens is 250 g/mol. The van der Waals surface area contributed by atoms with Crippen molar-refractivity contribution in [2.75, 3.05) is 13.7 Å². The average Bonchev–Trinajstić information content (AvgIpc) is 2.34. The average molecular weight is 279 g/mol. The SMILES string of the molecule is CCOC(C(N)Cc1cc(C)ccc1OC)C(C)(C)C. The fraction of sp³-hybridized carbons (Fsp3) is 0.647. The van der Waals surface area contributed by atoms with Gasteiger partial charge < -0.3 is 15.2 Å². The van der Waals surface area contributed by atoms with Gasteiger partial charge in [-0.25, -0.2) is 0 Å². The van der Waals surface area contributed by atoms with Gasteiger partial charge in [0.05, 0.1) is 13.2 Å². The molecule has 0 bridgehead atoms. The number of hydrogen-bond acceptors (Lipinski definition) is 3. The summed E-state index contributed by atoms with van der Waals surface area (Å²) in [6, 6.07) is 6.15. The van der Waals surface area contributed by atoms with Crippen LogP contribution in [0.3, 0.4) is 0 Å². The lowest BCUT2D eigenvalue weighted by Crippen LogP contribution is -2.46. The molecule has 1 aromatic carbocycles. The maximum absolute atomic E-state index is 6.42. The highest BCUT2D eigenvalue weighted by Gasteiger charge is 2.31. The largest absolute Gasteiger partial charge is 0.496 e. The Morgan fingerprint density at radius 3 is 2.40 bits per heavy atom. The van der Waals surface area contributed by atoms with Crippen molar-refractivity contribution in [3.8, 4) is 5.75 Å². The minimum atomic E-state index is -0.0503. The Labute approximate surface area is 123 Å². The molecule has 2 atom stereocenters.